The fourth-order valence-electron chi connectivity index (χ4n) is 2.09. The molecular formula is C16H22N4O. The first-order valence-corrected chi connectivity index (χ1v) is 7.02. The van der Waals surface area contributed by atoms with Gasteiger partial charge in [0.05, 0.1) is 0 Å². The third-order valence-corrected chi connectivity index (χ3v) is 3.28. The second-order valence-electron chi connectivity index (χ2n) is 6.02. The van der Waals surface area contributed by atoms with E-state index < -0.39 is 0 Å². The van der Waals surface area contributed by atoms with Crippen LogP contribution in [0.4, 0.5) is 5.82 Å². The van der Waals surface area contributed by atoms with Gasteiger partial charge in [0.1, 0.15) is 0 Å². The van der Waals surface area contributed by atoms with E-state index in [0.717, 1.165) is 5.56 Å². The van der Waals surface area contributed by atoms with Crippen molar-refractivity contribution in [1.82, 2.24) is 9.55 Å². The Morgan fingerprint density at radius 3 is 2.57 bits per heavy atom. The van der Waals surface area contributed by atoms with Crippen molar-refractivity contribution < 1.29 is 0 Å². The minimum atomic E-state index is -0.280. The summed E-state index contributed by atoms with van der Waals surface area (Å²) in [6.07, 6.45) is 3.33. The van der Waals surface area contributed by atoms with Crippen LogP contribution in [0, 0.1) is 0 Å². The zero-order valence-corrected chi connectivity index (χ0v) is 12.7. The monoisotopic (exact) mass is 286 g/mol. The second kappa shape index (κ2) is 6.10. The first kappa shape index (κ1) is 15.3. The van der Waals surface area contributed by atoms with Crippen LogP contribution in [-0.2, 0) is 5.54 Å². The number of aromatic nitrogens is 2. The summed E-state index contributed by atoms with van der Waals surface area (Å²) in [6, 6.07) is 9.60. The Labute approximate surface area is 124 Å². The number of nitrogens with one attached hydrogen (secondary N) is 1. The Bertz CT molecular complexity index is 643. The third kappa shape index (κ3) is 3.70. The summed E-state index contributed by atoms with van der Waals surface area (Å²) in [6.45, 7) is 6.40. The normalized spacial score (nSPS) is 13.0. The highest BCUT2D eigenvalue weighted by Gasteiger charge is 2.17. The van der Waals surface area contributed by atoms with Gasteiger partial charge in [-0.1, -0.05) is 30.3 Å². The molecule has 2 aromatic rings. The fourth-order valence-corrected chi connectivity index (χ4v) is 2.09. The van der Waals surface area contributed by atoms with E-state index in [9.17, 15) is 4.79 Å². The smallest absolute Gasteiger partial charge is 0.293 e. The van der Waals surface area contributed by atoms with Crippen molar-refractivity contribution in [3.05, 3.63) is 58.6 Å². The first-order chi connectivity index (χ1) is 9.89. The van der Waals surface area contributed by atoms with Gasteiger partial charge in [0.2, 0.25) is 0 Å². The van der Waals surface area contributed by atoms with E-state index in [0.29, 0.717) is 12.4 Å². The van der Waals surface area contributed by atoms with Crippen molar-refractivity contribution in [2.24, 2.45) is 5.73 Å². The Kier molecular flexibility index (Phi) is 4.43. The van der Waals surface area contributed by atoms with Crippen molar-refractivity contribution in [1.29, 1.82) is 0 Å². The molecule has 3 N–H and O–H groups in total. The lowest BCUT2D eigenvalue weighted by atomic mass is 10.1. The maximum Gasteiger partial charge on any atom is 0.293 e. The Balaban J connectivity index is 2.13. The number of nitrogens with two attached hydrogens (primary N) is 1. The van der Waals surface area contributed by atoms with Crippen LogP contribution in [-0.4, -0.2) is 16.1 Å². The molecule has 0 bridgehead atoms. The van der Waals surface area contributed by atoms with Crippen LogP contribution in [0.1, 0.15) is 32.4 Å². The van der Waals surface area contributed by atoms with Crippen molar-refractivity contribution in [2.75, 3.05) is 11.9 Å². The molecule has 5 heteroatoms. The molecule has 0 fully saturated rings. The third-order valence-electron chi connectivity index (χ3n) is 3.28. The molecule has 112 valence electrons. The van der Waals surface area contributed by atoms with E-state index in [4.69, 9.17) is 5.73 Å². The van der Waals surface area contributed by atoms with Gasteiger partial charge >= 0.3 is 0 Å². The van der Waals surface area contributed by atoms with E-state index >= 15 is 0 Å². The first-order valence-electron chi connectivity index (χ1n) is 7.02. The molecule has 0 aliphatic rings. The minimum Gasteiger partial charge on any atom is -0.364 e. The molecule has 0 saturated carbocycles. The quantitative estimate of drug-likeness (QED) is 0.903. The average molecular weight is 286 g/mol. The van der Waals surface area contributed by atoms with Gasteiger partial charge < -0.3 is 15.6 Å². The Morgan fingerprint density at radius 1 is 1.29 bits per heavy atom. The van der Waals surface area contributed by atoms with E-state index in [1.54, 1.807) is 17.0 Å². The summed E-state index contributed by atoms with van der Waals surface area (Å²) in [7, 11) is 0. The number of hydrogen-bond acceptors (Lipinski definition) is 4. The van der Waals surface area contributed by atoms with Crippen LogP contribution in [0.5, 0.6) is 0 Å². The predicted octanol–water partition coefficient (Wildman–Crippen LogP) is 2.11. The van der Waals surface area contributed by atoms with Gasteiger partial charge in [0.25, 0.3) is 5.56 Å². The Morgan fingerprint density at radius 2 is 1.95 bits per heavy atom. The van der Waals surface area contributed by atoms with E-state index in [1.165, 1.54) is 0 Å². The molecule has 1 heterocycles. The van der Waals surface area contributed by atoms with Crippen LogP contribution in [0.15, 0.2) is 47.5 Å². The van der Waals surface area contributed by atoms with E-state index in [1.807, 2.05) is 51.1 Å². The number of nitrogens with zero attached hydrogens (tertiary/aromatic N) is 2. The molecule has 5 nitrogen and oxygen atoms in total. The van der Waals surface area contributed by atoms with Crippen LogP contribution >= 0.6 is 0 Å². The molecule has 1 aromatic heterocycles. The molecule has 0 radical (unpaired) electrons. The minimum absolute atomic E-state index is 0.134. The summed E-state index contributed by atoms with van der Waals surface area (Å²) in [5.74, 6) is 0.332. The van der Waals surface area contributed by atoms with Crippen molar-refractivity contribution in [3.63, 3.8) is 0 Å². The second-order valence-corrected chi connectivity index (χ2v) is 6.02. The summed E-state index contributed by atoms with van der Waals surface area (Å²) >= 11 is 0. The predicted molar refractivity (Wildman–Crippen MR) is 85.4 cm³/mol. The molecule has 0 amide bonds. The van der Waals surface area contributed by atoms with E-state index in [2.05, 4.69) is 10.3 Å². The van der Waals surface area contributed by atoms with Gasteiger partial charge in [-0.2, -0.15) is 0 Å². The molecule has 1 unspecified atom stereocenters. The van der Waals surface area contributed by atoms with Gasteiger partial charge in [-0.05, 0) is 26.3 Å². The zero-order chi connectivity index (χ0) is 15.5. The summed E-state index contributed by atoms with van der Waals surface area (Å²) < 4.78 is 1.66. The average Bonchev–Trinajstić information content (AvgIpc) is 2.45. The van der Waals surface area contributed by atoms with Gasteiger partial charge in [-0.25, -0.2) is 4.98 Å². The summed E-state index contributed by atoms with van der Waals surface area (Å²) in [5, 5.41) is 3.05. The highest BCUT2D eigenvalue weighted by atomic mass is 16.1. The Hall–Kier alpha value is -2.14. The SMILES string of the molecule is CC(C)(C)n1ccnc(NCC(N)c2ccccc2)c1=O. The summed E-state index contributed by atoms with van der Waals surface area (Å²) in [5.41, 5.74) is 6.73. The van der Waals surface area contributed by atoms with Crippen molar-refractivity contribution >= 4 is 5.82 Å². The molecule has 2 rings (SSSR count). The standard InChI is InChI=1S/C16H22N4O/c1-16(2,3)20-10-9-18-14(15(20)21)19-11-13(17)12-7-5-4-6-8-12/h4-10,13H,11,17H2,1-3H3,(H,18,19). The number of benzene rings is 1. The summed E-state index contributed by atoms with van der Waals surface area (Å²) in [4.78, 5) is 16.5. The van der Waals surface area contributed by atoms with Gasteiger partial charge in [0.15, 0.2) is 5.82 Å². The lowest BCUT2D eigenvalue weighted by molar-refractivity contribution is 0.383. The molecule has 0 spiro atoms. The number of hydrogen-bond donors (Lipinski definition) is 2. The van der Waals surface area contributed by atoms with Crippen LogP contribution < -0.4 is 16.6 Å². The molecular weight excluding hydrogens is 264 g/mol. The maximum absolute atomic E-state index is 12.4. The highest BCUT2D eigenvalue weighted by Crippen LogP contribution is 2.12. The van der Waals surface area contributed by atoms with E-state index in [-0.39, 0.29) is 17.1 Å². The van der Waals surface area contributed by atoms with Gasteiger partial charge in [0, 0.05) is 30.5 Å². The molecule has 0 aliphatic carbocycles. The largest absolute Gasteiger partial charge is 0.364 e. The van der Waals surface area contributed by atoms with Crippen LogP contribution in [0.2, 0.25) is 0 Å². The molecule has 1 atom stereocenters. The fraction of sp³-hybridized carbons (Fsp3) is 0.375. The zero-order valence-electron chi connectivity index (χ0n) is 12.7. The molecule has 21 heavy (non-hydrogen) atoms. The lowest BCUT2D eigenvalue weighted by Crippen LogP contribution is -2.36. The van der Waals surface area contributed by atoms with Gasteiger partial charge in [-0.3, -0.25) is 4.79 Å². The number of rotatable bonds is 4. The lowest BCUT2D eigenvalue weighted by Gasteiger charge is -2.22. The number of anilines is 1. The topological polar surface area (TPSA) is 72.9 Å². The van der Waals surface area contributed by atoms with Crippen LogP contribution in [0.25, 0.3) is 0 Å². The molecule has 1 aromatic carbocycles. The van der Waals surface area contributed by atoms with Gasteiger partial charge in [-0.15, -0.1) is 0 Å². The molecule has 0 aliphatic heterocycles. The van der Waals surface area contributed by atoms with Crippen molar-refractivity contribution in [3.8, 4) is 0 Å². The van der Waals surface area contributed by atoms with Crippen molar-refractivity contribution in [2.45, 2.75) is 32.4 Å². The van der Waals surface area contributed by atoms with Crippen LogP contribution in [0.3, 0.4) is 0 Å². The maximum atomic E-state index is 12.4. The highest BCUT2D eigenvalue weighted by molar-refractivity contribution is 5.32. The molecule has 0 saturated heterocycles.